The molecule has 0 saturated carbocycles. The predicted octanol–water partition coefficient (Wildman–Crippen LogP) is 5.22. The van der Waals surface area contributed by atoms with E-state index in [1.54, 1.807) is 0 Å². The summed E-state index contributed by atoms with van der Waals surface area (Å²) >= 11 is 0. The topological polar surface area (TPSA) is 25.2 Å². The molecular weight excluding hydrogens is 234 g/mol. The van der Waals surface area contributed by atoms with Crippen LogP contribution in [0.25, 0.3) is 0 Å². The minimum absolute atomic E-state index is 0.467. The van der Waals surface area contributed by atoms with E-state index in [1.807, 2.05) is 0 Å². The van der Waals surface area contributed by atoms with Crippen LogP contribution in [0.2, 0.25) is 0 Å². The second kappa shape index (κ2) is 8.42. The molecule has 0 saturated heterocycles. The van der Waals surface area contributed by atoms with Gasteiger partial charge in [-0.15, -0.1) is 0 Å². The fraction of sp³-hybridized carbons (Fsp3) is 0.765. The van der Waals surface area contributed by atoms with Crippen molar-refractivity contribution in [3.05, 3.63) is 22.6 Å². The van der Waals surface area contributed by atoms with Gasteiger partial charge in [0.25, 0.3) is 0 Å². The van der Waals surface area contributed by atoms with E-state index in [2.05, 4.69) is 39.9 Å². The van der Waals surface area contributed by atoms with Crippen LogP contribution in [0.15, 0.2) is 4.42 Å². The minimum atomic E-state index is 0.467. The molecule has 0 aliphatic heterocycles. The number of hydrogen-bond donors (Lipinski definition) is 1. The molecule has 0 spiro atoms. The van der Waals surface area contributed by atoms with Crippen molar-refractivity contribution < 1.29 is 4.42 Å². The van der Waals surface area contributed by atoms with Crippen LogP contribution in [0.3, 0.4) is 0 Å². The second-order valence-electron chi connectivity index (χ2n) is 5.61. The molecule has 110 valence electrons. The fourth-order valence-corrected chi connectivity index (χ4v) is 2.76. The maximum Gasteiger partial charge on any atom is 0.106 e. The Bertz CT molecular complexity index is 368. The molecule has 0 aliphatic carbocycles. The Morgan fingerprint density at radius 2 is 1.68 bits per heavy atom. The van der Waals surface area contributed by atoms with Crippen LogP contribution in [0.4, 0.5) is 0 Å². The second-order valence-corrected chi connectivity index (χ2v) is 5.61. The molecule has 1 aromatic rings. The van der Waals surface area contributed by atoms with Crippen molar-refractivity contribution in [1.29, 1.82) is 0 Å². The van der Waals surface area contributed by atoms with Crippen LogP contribution in [0, 0.1) is 20.8 Å². The van der Waals surface area contributed by atoms with Crippen molar-refractivity contribution in [1.82, 2.24) is 5.32 Å². The first-order valence-corrected chi connectivity index (χ1v) is 7.91. The average molecular weight is 265 g/mol. The van der Waals surface area contributed by atoms with Crippen LogP contribution < -0.4 is 5.32 Å². The maximum absolute atomic E-state index is 5.79. The average Bonchev–Trinajstić information content (AvgIpc) is 2.63. The Hall–Kier alpha value is -0.760. The molecule has 1 heterocycles. The summed E-state index contributed by atoms with van der Waals surface area (Å²) in [5.74, 6) is 2.17. The number of rotatable bonds is 9. The zero-order valence-electron chi connectivity index (χ0n) is 13.4. The number of aryl methyl sites for hydroxylation is 2. The minimum Gasteiger partial charge on any atom is -0.466 e. The first-order chi connectivity index (χ1) is 9.11. The Kier molecular flexibility index (Phi) is 7.22. The summed E-state index contributed by atoms with van der Waals surface area (Å²) in [5, 5.41) is 3.70. The van der Waals surface area contributed by atoms with Crippen LogP contribution in [0.1, 0.15) is 81.1 Å². The molecule has 1 unspecified atom stereocenters. The van der Waals surface area contributed by atoms with Crippen molar-refractivity contribution in [2.75, 3.05) is 6.54 Å². The van der Waals surface area contributed by atoms with Gasteiger partial charge in [0, 0.05) is 11.6 Å². The smallest absolute Gasteiger partial charge is 0.106 e. The third-order valence-corrected chi connectivity index (χ3v) is 3.95. The van der Waals surface area contributed by atoms with Gasteiger partial charge in [0.2, 0.25) is 0 Å². The van der Waals surface area contributed by atoms with Gasteiger partial charge in [0.05, 0.1) is 0 Å². The monoisotopic (exact) mass is 265 g/mol. The van der Waals surface area contributed by atoms with E-state index in [0.717, 1.165) is 18.1 Å². The van der Waals surface area contributed by atoms with E-state index in [4.69, 9.17) is 4.42 Å². The highest BCUT2D eigenvalue weighted by atomic mass is 16.3. The summed E-state index contributed by atoms with van der Waals surface area (Å²) < 4.78 is 5.79. The number of unbranched alkanes of at least 4 members (excludes halogenated alkanes) is 3. The largest absolute Gasteiger partial charge is 0.466 e. The summed E-state index contributed by atoms with van der Waals surface area (Å²) in [4.78, 5) is 0. The van der Waals surface area contributed by atoms with Crippen molar-refractivity contribution in [3.8, 4) is 0 Å². The highest BCUT2D eigenvalue weighted by Crippen LogP contribution is 2.30. The molecule has 0 aliphatic rings. The van der Waals surface area contributed by atoms with E-state index in [0.29, 0.717) is 6.04 Å². The third kappa shape index (κ3) is 4.68. The Morgan fingerprint density at radius 3 is 2.21 bits per heavy atom. The SMILES string of the molecule is CCCCCCC(NCCC)c1c(C)oc(C)c1C. The van der Waals surface area contributed by atoms with E-state index in [-0.39, 0.29) is 0 Å². The standard InChI is InChI=1S/C17H31NO/c1-6-8-9-10-11-16(18-12-7-2)17-13(3)14(4)19-15(17)5/h16,18H,6-12H2,1-5H3. The summed E-state index contributed by atoms with van der Waals surface area (Å²) in [7, 11) is 0. The molecule has 1 atom stereocenters. The van der Waals surface area contributed by atoms with Crippen molar-refractivity contribution in [2.24, 2.45) is 0 Å². The third-order valence-electron chi connectivity index (χ3n) is 3.95. The van der Waals surface area contributed by atoms with Crippen LogP contribution in [0.5, 0.6) is 0 Å². The van der Waals surface area contributed by atoms with Crippen LogP contribution >= 0.6 is 0 Å². The van der Waals surface area contributed by atoms with E-state index >= 15 is 0 Å². The van der Waals surface area contributed by atoms with Crippen LogP contribution in [-0.4, -0.2) is 6.54 Å². The van der Waals surface area contributed by atoms with Gasteiger partial charge in [-0.2, -0.15) is 0 Å². The summed E-state index contributed by atoms with van der Waals surface area (Å²) in [6, 6.07) is 0.467. The lowest BCUT2D eigenvalue weighted by atomic mass is 9.96. The first kappa shape index (κ1) is 16.3. The molecule has 1 N–H and O–H groups in total. The van der Waals surface area contributed by atoms with E-state index in [1.165, 1.54) is 49.7 Å². The Labute approximate surface area is 119 Å². The molecule has 0 bridgehead atoms. The molecule has 0 amide bonds. The normalized spacial score (nSPS) is 12.9. The molecule has 0 radical (unpaired) electrons. The van der Waals surface area contributed by atoms with E-state index in [9.17, 15) is 0 Å². The number of furan rings is 1. The summed E-state index contributed by atoms with van der Waals surface area (Å²) in [5.41, 5.74) is 2.74. The summed E-state index contributed by atoms with van der Waals surface area (Å²) in [6.07, 6.45) is 7.70. The Balaban J connectivity index is 2.71. The number of nitrogens with one attached hydrogen (secondary N) is 1. The van der Waals surface area contributed by atoms with Gasteiger partial charge < -0.3 is 9.73 Å². The highest BCUT2D eigenvalue weighted by molar-refractivity contribution is 5.34. The summed E-state index contributed by atoms with van der Waals surface area (Å²) in [6.45, 7) is 11.9. The van der Waals surface area contributed by atoms with Crippen molar-refractivity contribution >= 4 is 0 Å². The lowest BCUT2D eigenvalue weighted by molar-refractivity contribution is 0.452. The molecule has 0 fully saturated rings. The van der Waals surface area contributed by atoms with Crippen LogP contribution in [-0.2, 0) is 0 Å². The van der Waals surface area contributed by atoms with Gasteiger partial charge >= 0.3 is 0 Å². The quantitative estimate of drug-likeness (QED) is 0.619. The van der Waals surface area contributed by atoms with Gasteiger partial charge in [0.1, 0.15) is 11.5 Å². The fourth-order valence-electron chi connectivity index (χ4n) is 2.76. The van der Waals surface area contributed by atoms with Gasteiger partial charge in [-0.25, -0.2) is 0 Å². The lowest BCUT2D eigenvalue weighted by Crippen LogP contribution is -2.23. The molecule has 2 heteroatoms. The van der Waals surface area contributed by atoms with Gasteiger partial charge in [0.15, 0.2) is 0 Å². The first-order valence-electron chi connectivity index (χ1n) is 7.91. The van der Waals surface area contributed by atoms with Crippen molar-refractivity contribution in [3.63, 3.8) is 0 Å². The van der Waals surface area contributed by atoms with Gasteiger partial charge in [-0.1, -0.05) is 39.5 Å². The zero-order chi connectivity index (χ0) is 14.3. The number of hydrogen-bond acceptors (Lipinski definition) is 2. The van der Waals surface area contributed by atoms with Gasteiger partial charge in [-0.05, 0) is 45.7 Å². The maximum atomic E-state index is 5.79. The molecule has 1 rings (SSSR count). The van der Waals surface area contributed by atoms with E-state index < -0.39 is 0 Å². The zero-order valence-corrected chi connectivity index (χ0v) is 13.4. The lowest BCUT2D eigenvalue weighted by Gasteiger charge is -2.19. The highest BCUT2D eigenvalue weighted by Gasteiger charge is 2.20. The molecular formula is C17H31NO. The Morgan fingerprint density at radius 1 is 0.947 bits per heavy atom. The molecule has 19 heavy (non-hydrogen) atoms. The molecule has 2 nitrogen and oxygen atoms in total. The molecule has 0 aromatic carbocycles. The predicted molar refractivity (Wildman–Crippen MR) is 82.7 cm³/mol. The molecule has 1 aromatic heterocycles. The van der Waals surface area contributed by atoms with Gasteiger partial charge in [-0.3, -0.25) is 0 Å². The van der Waals surface area contributed by atoms with Crippen molar-refractivity contribution in [2.45, 2.75) is 79.2 Å².